The number of hydrogen-bond donors (Lipinski definition) is 2. The normalized spacial score (nSPS) is 16.8. The molecule has 2 rings (SSSR count). The van der Waals surface area contributed by atoms with Crippen LogP contribution >= 0.6 is 0 Å². The third-order valence-corrected chi connectivity index (χ3v) is 5.64. The van der Waals surface area contributed by atoms with E-state index in [0.717, 1.165) is 6.42 Å². The molecule has 1 aromatic carbocycles. The van der Waals surface area contributed by atoms with E-state index in [0.29, 0.717) is 38.3 Å². The number of carbonyl (C=O) groups is 3. The molecule has 166 valence electrons. The van der Waals surface area contributed by atoms with Gasteiger partial charge in [0.1, 0.15) is 11.9 Å². The minimum absolute atomic E-state index is 0.0296. The molecule has 1 aliphatic heterocycles. The summed E-state index contributed by atoms with van der Waals surface area (Å²) in [6, 6.07) is 4.93. The van der Waals surface area contributed by atoms with E-state index in [9.17, 15) is 18.8 Å². The van der Waals surface area contributed by atoms with Gasteiger partial charge in [-0.1, -0.05) is 32.9 Å². The highest BCUT2D eigenvalue weighted by Crippen LogP contribution is 2.23. The lowest BCUT2D eigenvalue weighted by Crippen LogP contribution is -2.55. The van der Waals surface area contributed by atoms with Crippen molar-refractivity contribution >= 4 is 17.7 Å². The monoisotopic (exact) mass is 419 g/mol. The molecule has 3 amide bonds. The molecule has 0 aromatic heterocycles. The fourth-order valence-corrected chi connectivity index (χ4v) is 3.66. The highest BCUT2D eigenvalue weighted by atomic mass is 19.1. The Labute approximate surface area is 178 Å². The Morgan fingerprint density at radius 1 is 1.10 bits per heavy atom. The molecule has 1 heterocycles. The number of nitrogens with zero attached hydrogens (tertiary/aromatic N) is 1. The molecule has 0 aliphatic carbocycles. The molecule has 0 saturated carbocycles. The van der Waals surface area contributed by atoms with E-state index < -0.39 is 17.8 Å². The SMILES string of the molecule is CC[C@H](C)NC(=O)[C@H](NC(=O)c1ccccc1F)C1CCN(C(=O)CC(C)C)CC1. The second-order valence-electron chi connectivity index (χ2n) is 8.57. The van der Waals surface area contributed by atoms with Crippen molar-refractivity contribution < 1.29 is 18.8 Å². The summed E-state index contributed by atoms with van der Waals surface area (Å²) in [5.41, 5.74) is -0.0802. The van der Waals surface area contributed by atoms with Gasteiger partial charge in [0.15, 0.2) is 0 Å². The van der Waals surface area contributed by atoms with E-state index in [1.54, 1.807) is 6.07 Å². The van der Waals surface area contributed by atoms with E-state index in [1.165, 1.54) is 18.2 Å². The fourth-order valence-electron chi connectivity index (χ4n) is 3.66. The number of likely N-dealkylation sites (tertiary alicyclic amines) is 1. The van der Waals surface area contributed by atoms with Crippen molar-refractivity contribution in [1.29, 1.82) is 0 Å². The molecular formula is C23H34FN3O3. The van der Waals surface area contributed by atoms with Crippen LogP contribution < -0.4 is 10.6 Å². The predicted octanol–water partition coefficient (Wildman–Crippen LogP) is 3.12. The maximum Gasteiger partial charge on any atom is 0.254 e. The Morgan fingerprint density at radius 3 is 2.30 bits per heavy atom. The first-order valence-electron chi connectivity index (χ1n) is 10.9. The minimum atomic E-state index is -0.770. The van der Waals surface area contributed by atoms with E-state index in [2.05, 4.69) is 10.6 Å². The number of hydrogen-bond acceptors (Lipinski definition) is 3. The number of piperidine rings is 1. The quantitative estimate of drug-likeness (QED) is 0.680. The summed E-state index contributed by atoms with van der Waals surface area (Å²) in [7, 11) is 0. The highest BCUT2D eigenvalue weighted by Gasteiger charge is 2.34. The summed E-state index contributed by atoms with van der Waals surface area (Å²) in [5.74, 6) is -1.18. The molecule has 7 heteroatoms. The van der Waals surface area contributed by atoms with Crippen molar-refractivity contribution in [1.82, 2.24) is 15.5 Å². The zero-order valence-corrected chi connectivity index (χ0v) is 18.4. The summed E-state index contributed by atoms with van der Waals surface area (Å²) < 4.78 is 14.0. The molecule has 0 unspecified atom stereocenters. The fraction of sp³-hybridized carbons (Fsp3) is 0.609. The zero-order valence-electron chi connectivity index (χ0n) is 18.4. The van der Waals surface area contributed by atoms with Crippen LogP contribution in [0.15, 0.2) is 24.3 Å². The number of halogens is 1. The Kier molecular flexibility index (Phi) is 8.81. The lowest BCUT2D eigenvalue weighted by atomic mass is 9.88. The minimum Gasteiger partial charge on any atom is -0.352 e. The van der Waals surface area contributed by atoms with E-state index >= 15 is 0 Å². The van der Waals surface area contributed by atoms with Gasteiger partial charge in [0.25, 0.3) is 5.91 Å². The topological polar surface area (TPSA) is 78.5 Å². The zero-order chi connectivity index (χ0) is 22.3. The molecule has 0 spiro atoms. The van der Waals surface area contributed by atoms with Gasteiger partial charge >= 0.3 is 0 Å². The van der Waals surface area contributed by atoms with Gasteiger partial charge in [-0.05, 0) is 50.2 Å². The standard InChI is InChI=1S/C23H34FN3O3/c1-5-16(4)25-23(30)21(26-22(29)18-8-6-7-9-19(18)24)17-10-12-27(13-11-17)20(28)14-15(2)3/h6-9,15-17,21H,5,10-14H2,1-4H3,(H,25,30)(H,26,29)/t16-,21+/m0/s1. The van der Waals surface area contributed by atoms with E-state index in [1.807, 2.05) is 32.6 Å². The second kappa shape index (κ2) is 11.1. The first-order chi connectivity index (χ1) is 14.2. The van der Waals surface area contributed by atoms with Crippen LogP contribution in [0.3, 0.4) is 0 Å². The lowest BCUT2D eigenvalue weighted by Gasteiger charge is -2.36. The average molecular weight is 420 g/mol. The van der Waals surface area contributed by atoms with Gasteiger partial charge in [-0.15, -0.1) is 0 Å². The van der Waals surface area contributed by atoms with Crippen LogP contribution in [-0.4, -0.2) is 47.8 Å². The molecule has 1 aromatic rings. The average Bonchev–Trinajstić information content (AvgIpc) is 2.71. The van der Waals surface area contributed by atoms with Crippen LogP contribution in [-0.2, 0) is 9.59 Å². The summed E-state index contributed by atoms with van der Waals surface area (Å²) >= 11 is 0. The van der Waals surface area contributed by atoms with Crippen LogP contribution in [0.1, 0.15) is 63.7 Å². The highest BCUT2D eigenvalue weighted by molar-refractivity contribution is 5.97. The van der Waals surface area contributed by atoms with Crippen LogP contribution in [0, 0.1) is 17.7 Å². The van der Waals surface area contributed by atoms with Crippen LogP contribution in [0.4, 0.5) is 4.39 Å². The first kappa shape index (κ1) is 23.8. The van der Waals surface area contributed by atoms with Gasteiger partial charge in [-0.2, -0.15) is 0 Å². The number of amides is 3. The number of carbonyl (C=O) groups excluding carboxylic acids is 3. The summed E-state index contributed by atoms with van der Waals surface area (Å²) in [6.45, 7) is 9.01. The van der Waals surface area contributed by atoms with Gasteiger partial charge in [0.05, 0.1) is 5.56 Å². The maximum absolute atomic E-state index is 14.0. The second-order valence-corrected chi connectivity index (χ2v) is 8.57. The predicted molar refractivity (Wildman–Crippen MR) is 114 cm³/mol. The third kappa shape index (κ3) is 6.54. The Bertz CT molecular complexity index is 745. The molecule has 0 radical (unpaired) electrons. The lowest BCUT2D eigenvalue weighted by molar-refractivity contribution is -0.133. The van der Waals surface area contributed by atoms with Crippen molar-refractivity contribution in [2.45, 2.75) is 65.5 Å². The van der Waals surface area contributed by atoms with Gasteiger partial charge in [0.2, 0.25) is 11.8 Å². The summed E-state index contributed by atoms with van der Waals surface area (Å²) in [6.07, 6.45) is 2.49. The molecule has 0 bridgehead atoms. The van der Waals surface area contributed by atoms with Crippen molar-refractivity contribution in [3.05, 3.63) is 35.6 Å². The van der Waals surface area contributed by atoms with Crippen LogP contribution in [0.25, 0.3) is 0 Å². The third-order valence-electron chi connectivity index (χ3n) is 5.64. The van der Waals surface area contributed by atoms with Crippen molar-refractivity contribution in [3.63, 3.8) is 0 Å². The maximum atomic E-state index is 14.0. The van der Waals surface area contributed by atoms with Gasteiger partial charge in [0, 0.05) is 25.6 Å². The van der Waals surface area contributed by atoms with Crippen LogP contribution in [0.2, 0.25) is 0 Å². The molecule has 2 atom stereocenters. The molecule has 6 nitrogen and oxygen atoms in total. The number of nitrogens with one attached hydrogen (secondary N) is 2. The molecule has 1 fully saturated rings. The Hall–Kier alpha value is -2.44. The van der Waals surface area contributed by atoms with Crippen LogP contribution in [0.5, 0.6) is 0 Å². The molecule has 2 N–H and O–H groups in total. The van der Waals surface area contributed by atoms with Gasteiger partial charge in [-0.25, -0.2) is 4.39 Å². The Balaban J connectivity index is 2.10. The smallest absolute Gasteiger partial charge is 0.254 e. The Morgan fingerprint density at radius 2 is 1.73 bits per heavy atom. The molecule has 30 heavy (non-hydrogen) atoms. The molecule has 1 aliphatic rings. The largest absolute Gasteiger partial charge is 0.352 e. The van der Waals surface area contributed by atoms with Crippen molar-refractivity contribution in [2.75, 3.05) is 13.1 Å². The summed E-state index contributed by atoms with van der Waals surface area (Å²) in [5, 5.41) is 5.69. The summed E-state index contributed by atoms with van der Waals surface area (Å²) in [4.78, 5) is 39.8. The van der Waals surface area contributed by atoms with Crippen molar-refractivity contribution in [2.24, 2.45) is 11.8 Å². The van der Waals surface area contributed by atoms with Gasteiger partial charge in [-0.3, -0.25) is 14.4 Å². The van der Waals surface area contributed by atoms with Gasteiger partial charge < -0.3 is 15.5 Å². The van der Waals surface area contributed by atoms with E-state index in [4.69, 9.17) is 0 Å². The van der Waals surface area contributed by atoms with Crippen molar-refractivity contribution in [3.8, 4) is 0 Å². The first-order valence-corrected chi connectivity index (χ1v) is 10.9. The molecular weight excluding hydrogens is 385 g/mol. The molecule has 1 saturated heterocycles. The number of rotatable bonds is 8. The van der Waals surface area contributed by atoms with E-state index in [-0.39, 0.29) is 29.3 Å². The number of benzene rings is 1.